The zero-order valence-corrected chi connectivity index (χ0v) is 9.98. The molecule has 1 heterocycles. The van der Waals surface area contributed by atoms with Gasteiger partial charge in [-0.2, -0.15) is 0 Å². The monoisotopic (exact) mass is 211 g/mol. The predicted octanol–water partition coefficient (Wildman–Crippen LogP) is 2.57. The first-order valence-corrected chi connectivity index (χ1v) is 5.76. The molecular formula is C10H17N3S. The molecule has 0 aliphatic heterocycles. The zero-order chi connectivity index (χ0) is 10.6. The Morgan fingerprint density at radius 3 is 2.71 bits per heavy atom. The van der Waals surface area contributed by atoms with Crippen LogP contribution < -0.4 is 5.32 Å². The van der Waals surface area contributed by atoms with Gasteiger partial charge in [-0.3, -0.25) is 0 Å². The van der Waals surface area contributed by atoms with Gasteiger partial charge in [-0.25, -0.2) is 9.97 Å². The van der Waals surface area contributed by atoms with E-state index in [9.17, 15) is 0 Å². The van der Waals surface area contributed by atoms with Gasteiger partial charge in [-0.15, -0.1) is 11.8 Å². The summed E-state index contributed by atoms with van der Waals surface area (Å²) in [5.74, 6) is 3.50. The molecule has 1 N–H and O–H groups in total. The maximum absolute atomic E-state index is 4.37. The molecule has 0 saturated heterocycles. The average Bonchev–Trinajstić information content (AvgIpc) is 2.14. The Bertz CT molecular complexity index is 299. The van der Waals surface area contributed by atoms with Crippen LogP contribution in [0.5, 0.6) is 0 Å². The van der Waals surface area contributed by atoms with Crippen molar-refractivity contribution in [3.05, 3.63) is 11.9 Å². The SMILES string of the molecule is CNc1cc(SCC(C)C)nc(C)n1. The van der Waals surface area contributed by atoms with Gasteiger partial charge in [0.05, 0.1) is 0 Å². The average molecular weight is 211 g/mol. The lowest BCUT2D eigenvalue weighted by Crippen LogP contribution is -1.99. The summed E-state index contributed by atoms with van der Waals surface area (Å²) in [6.07, 6.45) is 0. The Morgan fingerprint density at radius 1 is 1.43 bits per heavy atom. The van der Waals surface area contributed by atoms with Crippen LogP contribution in [0, 0.1) is 12.8 Å². The van der Waals surface area contributed by atoms with Crippen LogP contribution in [0.25, 0.3) is 0 Å². The van der Waals surface area contributed by atoms with E-state index in [-0.39, 0.29) is 0 Å². The lowest BCUT2D eigenvalue weighted by Gasteiger charge is -2.06. The molecule has 0 amide bonds. The van der Waals surface area contributed by atoms with Crippen molar-refractivity contribution < 1.29 is 0 Å². The van der Waals surface area contributed by atoms with Crippen molar-refractivity contribution >= 4 is 17.6 Å². The van der Waals surface area contributed by atoms with Crippen molar-refractivity contribution in [2.24, 2.45) is 5.92 Å². The number of hydrogen-bond donors (Lipinski definition) is 1. The number of anilines is 1. The summed E-state index contributed by atoms with van der Waals surface area (Å²) in [4.78, 5) is 8.61. The second kappa shape index (κ2) is 5.20. The first-order valence-electron chi connectivity index (χ1n) is 4.78. The van der Waals surface area contributed by atoms with Crippen molar-refractivity contribution in [2.75, 3.05) is 18.1 Å². The Morgan fingerprint density at radius 2 is 2.14 bits per heavy atom. The molecule has 78 valence electrons. The van der Waals surface area contributed by atoms with E-state index < -0.39 is 0 Å². The Hall–Kier alpha value is -0.770. The van der Waals surface area contributed by atoms with E-state index in [1.54, 1.807) is 11.8 Å². The Labute approximate surface area is 89.7 Å². The van der Waals surface area contributed by atoms with E-state index in [2.05, 4.69) is 29.1 Å². The minimum atomic E-state index is 0.688. The highest BCUT2D eigenvalue weighted by Gasteiger charge is 2.02. The first-order chi connectivity index (χ1) is 6.61. The minimum absolute atomic E-state index is 0.688. The van der Waals surface area contributed by atoms with Crippen LogP contribution >= 0.6 is 11.8 Å². The third-order valence-corrected chi connectivity index (χ3v) is 2.97. The molecule has 0 radical (unpaired) electrons. The second-order valence-electron chi connectivity index (χ2n) is 3.59. The van der Waals surface area contributed by atoms with Gasteiger partial charge in [-0.05, 0) is 12.8 Å². The van der Waals surface area contributed by atoms with Gasteiger partial charge in [0.25, 0.3) is 0 Å². The summed E-state index contributed by atoms with van der Waals surface area (Å²) < 4.78 is 0. The smallest absolute Gasteiger partial charge is 0.130 e. The molecule has 0 aliphatic rings. The summed E-state index contributed by atoms with van der Waals surface area (Å²) in [5, 5.41) is 4.08. The van der Waals surface area contributed by atoms with E-state index in [1.165, 1.54) is 0 Å². The number of nitrogens with one attached hydrogen (secondary N) is 1. The van der Waals surface area contributed by atoms with Crippen LogP contribution in [0.2, 0.25) is 0 Å². The fourth-order valence-corrected chi connectivity index (χ4v) is 1.89. The number of thioether (sulfide) groups is 1. The highest BCUT2D eigenvalue weighted by atomic mass is 32.2. The van der Waals surface area contributed by atoms with Gasteiger partial charge in [0.1, 0.15) is 16.7 Å². The maximum Gasteiger partial charge on any atom is 0.130 e. The van der Waals surface area contributed by atoms with Crippen LogP contribution in [0.4, 0.5) is 5.82 Å². The molecular weight excluding hydrogens is 194 g/mol. The third-order valence-electron chi connectivity index (χ3n) is 1.64. The lowest BCUT2D eigenvalue weighted by molar-refractivity contribution is 0.749. The van der Waals surface area contributed by atoms with Gasteiger partial charge >= 0.3 is 0 Å². The minimum Gasteiger partial charge on any atom is -0.373 e. The van der Waals surface area contributed by atoms with Crippen molar-refractivity contribution in [3.63, 3.8) is 0 Å². The summed E-state index contributed by atoms with van der Waals surface area (Å²) in [6.45, 7) is 6.33. The van der Waals surface area contributed by atoms with E-state index in [4.69, 9.17) is 0 Å². The summed E-state index contributed by atoms with van der Waals surface area (Å²) in [7, 11) is 1.87. The number of aromatic nitrogens is 2. The highest BCUT2D eigenvalue weighted by molar-refractivity contribution is 7.99. The summed E-state index contributed by atoms with van der Waals surface area (Å²) >= 11 is 1.78. The molecule has 1 aromatic heterocycles. The molecule has 0 spiro atoms. The fourth-order valence-electron chi connectivity index (χ4n) is 0.994. The van der Waals surface area contributed by atoms with Crippen molar-refractivity contribution in [3.8, 4) is 0 Å². The van der Waals surface area contributed by atoms with Gasteiger partial charge in [0.15, 0.2) is 0 Å². The third kappa shape index (κ3) is 3.54. The van der Waals surface area contributed by atoms with Gasteiger partial charge < -0.3 is 5.32 Å². The molecule has 14 heavy (non-hydrogen) atoms. The van der Waals surface area contributed by atoms with Crippen LogP contribution in [0.3, 0.4) is 0 Å². The molecule has 0 unspecified atom stereocenters. The summed E-state index contributed by atoms with van der Waals surface area (Å²) in [5.41, 5.74) is 0. The first kappa shape index (κ1) is 11.3. The van der Waals surface area contributed by atoms with Gasteiger partial charge in [0.2, 0.25) is 0 Å². The molecule has 1 aromatic rings. The number of nitrogens with zero attached hydrogens (tertiary/aromatic N) is 2. The molecule has 0 aromatic carbocycles. The normalized spacial score (nSPS) is 10.6. The van der Waals surface area contributed by atoms with E-state index in [0.29, 0.717) is 5.92 Å². The van der Waals surface area contributed by atoms with Crippen LogP contribution in [0.1, 0.15) is 19.7 Å². The molecule has 0 aliphatic carbocycles. The predicted molar refractivity (Wildman–Crippen MR) is 61.9 cm³/mol. The molecule has 0 saturated carbocycles. The van der Waals surface area contributed by atoms with E-state index >= 15 is 0 Å². The maximum atomic E-state index is 4.37. The molecule has 0 bridgehead atoms. The van der Waals surface area contributed by atoms with Gasteiger partial charge in [0, 0.05) is 18.9 Å². The number of rotatable bonds is 4. The molecule has 0 atom stereocenters. The van der Waals surface area contributed by atoms with Crippen LogP contribution in [0.15, 0.2) is 11.1 Å². The molecule has 3 nitrogen and oxygen atoms in total. The molecule has 4 heteroatoms. The number of aryl methyl sites for hydroxylation is 1. The van der Waals surface area contributed by atoms with Crippen LogP contribution in [-0.2, 0) is 0 Å². The van der Waals surface area contributed by atoms with E-state index in [0.717, 1.165) is 22.4 Å². The molecule has 1 rings (SSSR count). The Balaban J connectivity index is 2.71. The second-order valence-corrected chi connectivity index (χ2v) is 4.63. The number of hydrogen-bond acceptors (Lipinski definition) is 4. The highest BCUT2D eigenvalue weighted by Crippen LogP contribution is 2.20. The van der Waals surface area contributed by atoms with Crippen LogP contribution in [-0.4, -0.2) is 22.8 Å². The topological polar surface area (TPSA) is 37.8 Å². The van der Waals surface area contributed by atoms with Crippen molar-refractivity contribution in [1.29, 1.82) is 0 Å². The largest absolute Gasteiger partial charge is 0.373 e. The lowest BCUT2D eigenvalue weighted by atomic mass is 10.3. The zero-order valence-electron chi connectivity index (χ0n) is 9.16. The standard InChI is InChI=1S/C10H17N3S/c1-7(2)6-14-10-5-9(11-4)12-8(3)13-10/h5,7H,6H2,1-4H3,(H,11,12,13). The molecule has 0 fully saturated rings. The summed E-state index contributed by atoms with van der Waals surface area (Å²) in [6, 6.07) is 1.99. The quantitative estimate of drug-likeness (QED) is 0.613. The van der Waals surface area contributed by atoms with Gasteiger partial charge in [-0.1, -0.05) is 13.8 Å². The van der Waals surface area contributed by atoms with E-state index in [1.807, 2.05) is 20.0 Å². The Kier molecular flexibility index (Phi) is 4.20. The van der Waals surface area contributed by atoms with Crippen molar-refractivity contribution in [1.82, 2.24) is 9.97 Å². The fraction of sp³-hybridized carbons (Fsp3) is 0.600. The van der Waals surface area contributed by atoms with Crippen molar-refractivity contribution in [2.45, 2.75) is 25.8 Å².